The number of esters is 2. The Hall–Kier alpha value is -1.94. The lowest BCUT2D eigenvalue weighted by molar-refractivity contribution is -0.154. The topological polar surface area (TPSA) is 52.6 Å². The zero-order chi connectivity index (χ0) is 12.9. The van der Waals surface area contributed by atoms with Gasteiger partial charge in [0.2, 0.25) is 0 Å². The van der Waals surface area contributed by atoms with Gasteiger partial charge < -0.3 is 9.47 Å². The molecule has 0 saturated carbocycles. The van der Waals surface area contributed by atoms with Crippen LogP contribution < -0.4 is 0 Å². The molecule has 92 valence electrons. The zero-order valence-electron chi connectivity index (χ0n) is 9.74. The van der Waals surface area contributed by atoms with Gasteiger partial charge in [-0.1, -0.05) is 0 Å². The van der Waals surface area contributed by atoms with Crippen LogP contribution >= 0.6 is 0 Å². The maximum Gasteiger partial charge on any atom is 0.317 e. The molecular weight excluding hydrogens is 220 g/mol. The predicted molar refractivity (Wildman–Crippen MR) is 62.7 cm³/mol. The molecule has 0 spiro atoms. The molecule has 4 heteroatoms. The normalized spacial score (nSPS) is 8.82. The molecule has 0 aliphatic rings. The molecule has 0 saturated heterocycles. The summed E-state index contributed by atoms with van der Waals surface area (Å²) in [5.74, 6) is 3.66. The van der Waals surface area contributed by atoms with Crippen LogP contribution in [0.5, 0.6) is 0 Å². The molecular formula is C13H16O4. The number of hydrogen-bond acceptors (Lipinski definition) is 4. The van der Waals surface area contributed by atoms with Crippen LogP contribution in [0.25, 0.3) is 0 Å². The van der Waals surface area contributed by atoms with E-state index in [0.717, 1.165) is 0 Å². The average molecular weight is 236 g/mol. The van der Waals surface area contributed by atoms with Gasteiger partial charge in [-0.25, -0.2) is 0 Å². The first-order chi connectivity index (χ1) is 8.20. The molecule has 0 unspecified atom stereocenters. The first kappa shape index (κ1) is 15.1. The summed E-state index contributed by atoms with van der Waals surface area (Å²) in [6.07, 6.45) is 12.0. The molecule has 0 aliphatic carbocycles. The SMILES string of the molecule is C#CCCCOC(=O)CC(=O)OCCCC#C. The first-order valence-electron chi connectivity index (χ1n) is 5.39. The lowest BCUT2D eigenvalue weighted by atomic mass is 10.3. The summed E-state index contributed by atoms with van der Waals surface area (Å²) in [6.45, 7) is 0.459. The minimum atomic E-state index is -0.594. The molecule has 0 amide bonds. The Labute approximate surface area is 102 Å². The molecule has 0 aromatic heterocycles. The summed E-state index contributed by atoms with van der Waals surface area (Å²) in [5.41, 5.74) is 0. The summed E-state index contributed by atoms with van der Waals surface area (Å²) < 4.78 is 9.55. The van der Waals surface area contributed by atoms with E-state index in [2.05, 4.69) is 11.8 Å². The number of carbonyl (C=O) groups is 2. The van der Waals surface area contributed by atoms with Crippen molar-refractivity contribution in [2.45, 2.75) is 32.1 Å². The van der Waals surface area contributed by atoms with E-state index in [1.54, 1.807) is 0 Å². The monoisotopic (exact) mass is 236 g/mol. The molecule has 4 nitrogen and oxygen atoms in total. The van der Waals surface area contributed by atoms with Crippen LogP contribution in [0, 0.1) is 24.7 Å². The molecule has 0 fully saturated rings. The van der Waals surface area contributed by atoms with E-state index in [0.29, 0.717) is 25.7 Å². The van der Waals surface area contributed by atoms with Crippen LogP contribution in [0.3, 0.4) is 0 Å². The van der Waals surface area contributed by atoms with Gasteiger partial charge >= 0.3 is 11.9 Å². The van der Waals surface area contributed by atoms with E-state index in [4.69, 9.17) is 22.3 Å². The molecule has 0 N–H and O–H groups in total. The first-order valence-corrected chi connectivity index (χ1v) is 5.39. The Morgan fingerprint density at radius 3 is 1.65 bits per heavy atom. The largest absolute Gasteiger partial charge is 0.465 e. The maximum absolute atomic E-state index is 11.1. The van der Waals surface area contributed by atoms with Crippen LogP contribution in [0.4, 0.5) is 0 Å². The lowest BCUT2D eigenvalue weighted by Crippen LogP contribution is -2.14. The molecule has 0 bridgehead atoms. The summed E-state index contributed by atoms with van der Waals surface area (Å²) in [6, 6.07) is 0. The van der Waals surface area contributed by atoms with E-state index in [1.807, 2.05) is 0 Å². The Kier molecular flexibility index (Phi) is 9.37. The third-order valence-electron chi connectivity index (χ3n) is 1.75. The van der Waals surface area contributed by atoms with Gasteiger partial charge in [-0.05, 0) is 12.8 Å². The quantitative estimate of drug-likeness (QED) is 0.276. The van der Waals surface area contributed by atoms with Gasteiger partial charge in [0.15, 0.2) is 0 Å². The highest BCUT2D eigenvalue weighted by Crippen LogP contribution is 1.96. The van der Waals surface area contributed by atoms with Crippen LogP contribution in [-0.4, -0.2) is 25.2 Å². The number of ether oxygens (including phenoxy) is 2. The Balaban J connectivity index is 3.50. The number of rotatable bonds is 8. The van der Waals surface area contributed by atoms with Crippen molar-refractivity contribution in [3.63, 3.8) is 0 Å². The van der Waals surface area contributed by atoms with Gasteiger partial charge in [0, 0.05) is 12.8 Å². The van der Waals surface area contributed by atoms with Crippen molar-refractivity contribution < 1.29 is 19.1 Å². The van der Waals surface area contributed by atoms with Gasteiger partial charge in [0.1, 0.15) is 6.42 Å². The summed E-state index contributed by atoms with van der Waals surface area (Å²) in [4.78, 5) is 22.2. The molecule has 0 aromatic rings. The van der Waals surface area contributed by atoms with Gasteiger partial charge in [0.25, 0.3) is 0 Å². The van der Waals surface area contributed by atoms with Gasteiger partial charge in [-0.3, -0.25) is 9.59 Å². The van der Waals surface area contributed by atoms with Crippen LogP contribution in [0.2, 0.25) is 0 Å². The summed E-state index contributed by atoms with van der Waals surface area (Å²) in [7, 11) is 0. The molecule has 0 rings (SSSR count). The summed E-state index contributed by atoms with van der Waals surface area (Å²) >= 11 is 0. The average Bonchev–Trinajstić information content (AvgIpc) is 2.30. The van der Waals surface area contributed by atoms with Crippen molar-refractivity contribution in [3.05, 3.63) is 0 Å². The molecule has 0 radical (unpaired) electrons. The van der Waals surface area contributed by atoms with Gasteiger partial charge in [-0.2, -0.15) is 0 Å². The smallest absolute Gasteiger partial charge is 0.317 e. The van der Waals surface area contributed by atoms with Crippen molar-refractivity contribution in [2.75, 3.05) is 13.2 Å². The fraction of sp³-hybridized carbons (Fsp3) is 0.538. The molecule has 0 heterocycles. The van der Waals surface area contributed by atoms with Crippen molar-refractivity contribution in [1.29, 1.82) is 0 Å². The third kappa shape index (κ3) is 10.3. The van der Waals surface area contributed by atoms with E-state index in [9.17, 15) is 9.59 Å². The van der Waals surface area contributed by atoms with Gasteiger partial charge in [0.05, 0.1) is 13.2 Å². The Bertz CT molecular complexity index is 287. The lowest BCUT2D eigenvalue weighted by Gasteiger charge is -2.04. The van der Waals surface area contributed by atoms with Crippen molar-refractivity contribution >= 4 is 11.9 Å². The van der Waals surface area contributed by atoms with E-state index in [1.165, 1.54) is 0 Å². The van der Waals surface area contributed by atoms with E-state index < -0.39 is 11.9 Å². The second kappa shape index (κ2) is 10.6. The molecule has 0 aromatic carbocycles. The van der Waals surface area contributed by atoms with Crippen molar-refractivity contribution in [3.8, 4) is 24.7 Å². The van der Waals surface area contributed by atoms with Gasteiger partial charge in [-0.15, -0.1) is 24.7 Å². The predicted octanol–water partition coefficient (Wildman–Crippen LogP) is 1.29. The van der Waals surface area contributed by atoms with Crippen LogP contribution in [-0.2, 0) is 19.1 Å². The Morgan fingerprint density at radius 2 is 1.29 bits per heavy atom. The fourth-order valence-corrected chi connectivity index (χ4v) is 0.940. The minimum absolute atomic E-state index is 0.230. The number of terminal acetylenes is 2. The highest BCUT2D eigenvalue weighted by molar-refractivity contribution is 5.91. The number of hydrogen-bond donors (Lipinski definition) is 0. The number of carbonyl (C=O) groups excluding carboxylic acids is 2. The zero-order valence-corrected chi connectivity index (χ0v) is 9.74. The number of unbranched alkanes of at least 4 members (excludes halogenated alkanes) is 2. The van der Waals surface area contributed by atoms with E-state index >= 15 is 0 Å². The van der Waals surface area contributed by atoms with E-state index in [-0.39, 0.29) is 19.6 Å². The molecule has 0 aliphatic heterocycles. The fourth-order valence-electron chi connectivity index (χ4n) is 0.940. The third-order valence-corrected chi connectivity index (χ3v) is 1.75. The van der Waals surface area contributed by atoms with Crippen molar-refractivity contribution in [1.82, 2.24) is 0 Å². The minimum Gasteiger partial charge on any atom is -0.465 e. The second-order valence-corrected chi connectivity index (χ2v) is 3.23. The second-order valence-electron chi connectivity index (χ2n) is 3.23. The van der Waals surface area contributed by atoms with Crippen molar-refractivity contribution in [2.24, 2.45) is 0 Å². The standard InChI is InChI=1S/C13H16O4/c1-3-5-7-9-16-12(14)11-13(15)17-10-8-6-4-2/h1-2H,5-11H2. The Morgan fingerprint density at radius 1 is 0.882 bits per heavy atom. The van der Waals surface area contributed by atoms with Crippen LogP contribution in [0.1, 0.15) is 32.1 Å². The molecule has 0 atom stereocenters. The maximum atomic E-state index is 11.1. The summed E-state index contributed by atoms with van der Waals surface area (Å²) in [5, 5.41) is 0. The molecule has 17 heavy (non-hydrogen) atoms. The highest BCUT2D eigenvalue weighted by atomic mass is 16.6. The van der Waals surface area contributed by atoms with Crippen LogP contribution in [0.15, 0.2) is 0 Å². The highest BCUT2D eigenvalue weighted by Gasteiger charge is 2.11.